The fourth-order valence-corrected chi connectivity index (χ4v) is 2.99. The van der Waals surface area contributed by atoms with Crippen molar-refractivity contribution in [3.8, 4) is 5.75 Å². The number of hydrogen-bond donors (Lipinski definition) is 0. The fraction of sp³-hybridized carbons (Fsp3) is 0.222. The van der Waals surface area contributed by atoms with Crippen molar-refractivity contribution in [1.82, 2.24) is 4.90 Å². The average molecular weight is 380 g/mol. The molecule has 1 heterocycles. The summed E-state index contributed by atoms with van der Waals surface area (Å²) in [5.74, 6) is -1.18. The Morgan fingerprint density at radius 3 is 2.60 bits per heavy atom. The lowest BCUT2D eigenvalue weighted by Crippen LogP contribution is -2.40. The smallest absolute Gasteiger partial charge is 0.346 e. The average Bonchev–Trinajstić information content (AvgIpc) is 2.63. The van der Waals surface area contributed by atoms with Gasteiger partial charge in [-0.15, -0.1) is 0 Å². The van der Waals surface area contributed by atoms with Crippen LogP contribution >= 0.6 is 23.8 Å². The molecule has 0 unspecified atom stereocenters. The van der Waals surface area contributed by atoms with Gasteiger partial charge in [-0.05, 0) is 30.3 Å². The summed E-state index contributed by atoms with van der Waals surface area (Å²) in [6.07, 6.45) is 0. The lowest BCUT2D eigenvalue weighted by molar-refractivity contribution is 0.0687. The molecule has 0 spiro atoms. The first-order valence-corrected chi connectivity index (χ1v) is 8.48. The standard InChI is InChI=1S/C18H15ClFNO3S/c19-12-5-6-16(24-18(22)13-3-1-2-4-15(13)20)14(11-12)17(25)21-7-9-23-10-8-21/h1-6,11H,7-10H2. The first-order chi connectivity index (χ1) is 12.1. The molecule has 0 aromatic heterocycles. The molecule has 1 fully saturated rings. The molecule has 0 radical (unpaired) electrons. The van der Waals surface area contributed by atoms with E-state index >= 15 is 0 Å². The van der Waals surface area contributed by atoms with E-state index in [1.165, 1.54) is 18.2 Å². The Morgan fingerprint density at radius 1 is 1.16 bits per heavy atom. The first-order valence-electron chi connectivity index (χ1n) is 7.69. The van der Waals surface area contributed by atoms with E-state index in [1.54, 1.807) is 24.3 Å². The minimum atomic E-state index is -0.786. The minimum absolute atomic E-state index is 0.138. The molecule has 0 aliphatic carbocycles. The third-order valence-electron chi connectivity index (χ3n) is 3.77. The highest BCUT2D eigenvalue weighted by Crippen LogP contribution is 2.26. The number of rotatable bonds is 3. The van der Waals surface area contributed by atoms with Gasteiger partial charge in [-0.2, -0.15) is 0 Å². The molecule has 130 valence electrons. The molecule has 25 heavy (non-hydrogen) atoms. The van der Waals surface area contributed by atoms with Crippen LogP contribution in [0.1, 0.15) is 15.9 Å². The molecule has 2 aromatic carbocycles. The van der Waals surface area contributed by atoms with Crippen LogP contribution in [-0.4, -0.2) is 42.2 Å². The van der Waals surface area contributed by atoms with Crippen LogP contribution in [0.25, 0.3) is 0 Å². The number of halogens is 2. The van der Waals surface area contributed by atoms with Crippen LogP contribution in [0.2, 0.25) is 5.02 Å². The predicted molar refractivity (Wildman–Crippen MR) is 96.9 cm³/mol. The molecule has 2 aromatic rings. The van der Waals surface area contributed by atoms with Gasteiger partial charge in [-0.25, -0.2) is 9.18 Å². The van der Waals surface area contributed by atoms with Crippen LogP contribution in [-0.2, 0) is 4.74 Å². The van der Waals surface area contributed by atoms with E-state index in [1.807, 2.05) is 4.90 Å². The van der Waals surface area contributed by atoms with Gasteiger partial charge >= 0.3 is 5.97 Å². The predicted octanol–water partition coefficient (Wildman–Crippen LogP) is 3.71. The number of benzene rings is 2. The third kappa shape index (κ3) is 4.15. The van der Waals surface area contributed by atoms with Crippen molar-refractivity contribution in [1.29, 1.82) is 0 Å². The van der Waals surface area contributed by atoms with Crippen molar-refractivity contribution < 1.29 is 18.7 Å². The van der Waals surface area contributed by atoms with Crippen LogP contribution in [0, 0.1) is 5.82 Å². The second-order valence-corrected chi connectivity index (χ2v) is 6.24. The summed E-state index contributed by atoms with van der Waals surface area (Å²) in [5, 5.41) is 0.469. The third-order valence-corrected chi connectivity index (χ3v) is 4.48. The Balaban J connectivity index is 1.87. The molecular formula is C18H15ClFNO3S. The van der Waals surface area contributed by atoms with E-state index in [4.69, 9.17) is 33.3 Å². The zero-order valence-electron chi connectivity index (χ0n) is 13.2. The Morgan fingerprint density at radius 2 is 1.88 bits per heavy atom. The van der Waals surface area contributed by atoms with Crippen molar-refractivity contribution in [3.63, 3.8) is 0 Å². The monoisotopic (exact) mass is 379 g/mol. The van der Waals surface area contributed by atoms with Crippen molar-refractivity contribution in [2.75, 3.05) is 26.3 Å². The number of hydrogen-bond acceptors (Lipinski definition) is 4. The Kier molecular flexibility index (Phi) is 5.63. The van der Waals surface area contributed by atoms with E-state index in [0.717, 1.165) is 0 Å². The maximum Gasteiger partial charge on any atom is 0.346 e. The molecule has 1 aliphatic heterocycles. The maximum atomic E-state index is 13.8. The summed E-state index contributed by atoms with van der Waals surface area (Å²) < 4.78 is 24.5. The molecule has 0 N–H and O–H groups in total. The molecular weight excluding hydrogens is 365 g/mol. The molecule has 3 rings (SSSR count). The van der Waals surface area contributed by atoms with Gasteiger partial charge in [-0.3, -0.25) is 0 Å². The summed E-state index contributed by atoms with van der Waals surface area (Å²) in [6, 6.07) is 10.4. The molecule has 0 atom stereocenters. The lowest BCUT2D eigenvalue weighted by atomic mass is 10.1. The van der Waals surface area contributed by atoms with E-state index in [-0.39, 0.29) is 11.3 Å². The highest BCUT2D eigenvalue weighted by molar-refractivity contribution is 7.80. The summed E-state index contributed by atoms with van der Waals surface area (Å²) in [6.45, 7) is 2.44. The molecule has 0 amide bonds. The lowest BCUT2D eigenvalue weighted by Gasteiger charge is -2.29. The van der Waals surface area contributed by atoms with Gasteiger partial charge in [0.2, 0.25) is 0 Å². The number of carbonyl (C=O) groups excluding carboxylic acids is 1. The van der Waals surface area contributed by atoms with Crippen LogP contribution in [0.3, 0.4) is 0 Å². The van der Waals surface area contributed by atoms with Gasteiger partial charge in [0.05, 0.1) is 24.3 Å². The minimum Gasteiger partial charge on any atom is -0.422 e. The number of carbonyl (C=O) groups is 1. The van der Waals surface area contributed by atoms with Gasteiger partial charge in [0.25, 0.3) is 0 Å². The van der Waals surface area contributed by atoms with Gasteiger partial charge in [0.1, 0.15) is 16.6 Å². The molecule has 0 saturated carbocycles. The normalized spacial score (nSPS) is 14.2. The van der Waals surface area contributed by atoms with Crippen molar-refractivity contribution in [2.24, 2.45) is 0 Å². The zero-order chi connectivity index (χ0) is 17.8. The van der Waals surface area contributed by atoms with Gasteiger partial charge < -0.3 is 14.4 Å². The topological polar surface area (TPSA) is 38.8 Å². The van der Waals surface area contributed by atoms with Crippen LogP contribution < -0.4 is 4.74 Å². The Hall–Kier alpha value is -2.02. The van der Waals surface area contributed by atoms with E-state index in [9.17, 15) is 9.18 Å². The first kappa shape index (κ1) is 17.8. The molecule has 7 heteroatoms. The van der Waals surface area contributed by atoms with Crippen LogP contribution in [0.15, 0.2) is 42.5 Å². The molecule has 1 aliphatic rings. The van der Waals surface area contributed by atoms with E-state index in [2.05, 4.69) is 0 Å². The molecule has 4 nitrogen and oxygen atoms in total. The van der Waals surface area contributed by atoms with Crippen molar-refractivity contribution in [3.05, 3.63) is 64.4 Å². The van der Waals surface area contributed by atoms with Crippen molar-refractivity contribution >= 4 is 34.8 Å². The maximum absolute atomic E-state index is 13.8. The summed E-state index contributed by atoms with van der Waals surface area (Å²) >= 11 is 11.6. The number of nitrogens with zero attached hydrogens (tertiary/aromatic N) is 1. The molecule has 0 bridgehead atoms. The second-order valence-electron chi connectivity index (χ2n) is 5.41. The highest BCUT2D eigenvalue weighted by Gasteiger charge is 2.21. The van der Waals surface area contributed by atoms with Crippen LogP contribution in [0.5, 0.6) is 5.75 Å². The number of esters is 1. The van der Waals surface area contributed by atoms with E-state index in [0.29, 0.717) is 41.9 Å². The second kappa shape index (κ2) is 7.91. The van der Waals surface area contributed by atoms with Gasteiger partial charge in [-0.1, -0.05) is 36.0 Å². The highest BCUT2D eigenvalue weighted by atomic mass is 35.5. The Labute approximate surface area is 155 Å². The largest absolute Gasteiger partial charge is 0.422 e. The Bertz CT molecular complexity index is 809. The zero-order valence-corrected chi connectivity index (χ0v) is 14.8. The summed E-state index contributed by atoms with van der Waals surface area (Å²) in [4.78, 5) is 14.8. The summed E-state index contributed by atoms with van der Waals surface area (Å²) in [7, 11) is 0. The SMILES string of the molecule is O=C(Oc1ccc(Cl)cc1C(=S)N1CCOCC1)c1ccccc1F. The van der Waals surface area contributed by atoms with Crippen LogP contribution in [0.4, 0.5) is 4.39 Å². The van der Waals surface area contributed by atoms with Gasteiger partial charge in [0, 0.05) is 18.1 Å². The quantitative estimate of drug-likeness (QED) is 0.462. The summed E-state index contributed by atoms with van der Waals surface area (Å²) in [5.41, 5.74) is 0.384. The van der Waals surface area contributed by atoms with Crippen molar-refractivity contribution in [2.45, 2.75) is 0 Å². The van der Waals surface area contributed by atoms with E-state index < -0.39 is 11.8 Å². The number of ether oxygens (including phenoxy) is 2. The van der Waals surface area contributed by atoms with Gasteiger partial charge in [0.15, 0.2) is 0 Å². The fourth-order valence-electron chi connectivity index (χ4n) is 2.48. The molecule has 1 saturated heterocycles. The number of morpholine rings is 1. The number of thiocarbonyl (C=S) groups is 1.